The van der Waals surface area contributed by atoms with Gasteiger partial charge in [0.1, 0.15) is 22.6 Å². The Hall–Kier alpha value is -3.51. The molecule has 0 spiro atoms. The van der Waals surface area contributed by atoms with Crippen molar-refractivity contribution in [1.29, 1.82) is 5.26 Å². The van der Waals surface area contributed by atoms with Crippen LogP contribution in [0.1, 0.15) is 21.6 Å². The monoisotopic (exact) mass is 413 g/mol. The number of amides is 2. The van der Waals surface area contributed by atoms with Gasteiger partial charge in [0.05, 0.1) is 31.9 Å². The van der Waals surface area contributed by atoms with E-state index in [2.05, 4.69) is 11.4 Å². The molecule has 0 unspecified atom stereocenters. The van der Waals surface area contributed by atoms with Gasteiger partial charge in [0, 0.05) is 17.5 Å². The second kappa shape index (κ2) is 8.67. The molecule has 1 aromatic heterocycles. The van der Waals surface area contributed by atoms with Gasteiger partial charge in [-0.3, -0.25) is 4.79 Å². The number of benzene rings is 1. The molecule has 0 fully saturated rings. The van der Waals surface area contributed by atoms with Gasteiger partial charge in [0.2, 0.25) is 5.91 Å². The summed E-state index contributed by atoms with van der Waals surface area (Å²) in [6.45, 7) is 0.544. The van der Waals surface area contributed by atoms with E-state index < -0.39 is 12.0 Å². The first-order valence-corrected chi connectivity index (χ1v) is 9.52. The van der Waals surface area contributed by atoms with E-state index in [0.717, 1.165) is 10.4 Å². The lowest BCUT2D eigenvalue weighted by atomic mass is 10.0. The van der Waals surface area contributed by atoms with Crippen molar-refractivity contribution in [2.45, 2.75) is 13.0 Å². The van der Waals surface area contributed by atoms with Crippen LogP contribution >= 0.6 is 11.3 Å². The molecule has 0 saturated carbocycles. The van der Waals surface area contributed by atoms with E-state index >= 15 is 0 Å². The van der Waals surface area contributed by atoms with Crippen LogP contribution in [0.5, 0.6) is 11.5 Å². The Labute approximate surface area is 171 Å². The predicted octanol–water partition coefficient (Wildman–Crippen LogP) is 3.32. The van der Waals surface area contributed by atoms with E-state index in [1.807, 2.05) is 0 Å². The van der Waals surface area contributed by atoms with Gasteiger partial charge >= 0.3 is 6.09 Å². The molecule has 1 aliphatic heterocycles. The highest BCUT2D eigenvalue weighted by Crippen LogP contribution is 2.37. The molecule has 9 heteroatoms. The fourth-order valence-corrected chi connectivity index (χ4v) is 4.35. The summed E-state index contributed by atoms with van der Waals surface area (Å²) < 4.78 is 10.6. The zero-order valence-corrected chi connectivity index (χ0v) is 16.7. The van der Waals surface area contributed by atoms with Gasteiger partial charge in [-0.1, -0.05) is 6.07 Å². The van der Waals surface area contributed by atoms with Crippen molar-refractivity contribution in [3.05, 3.63) is 45.8 Å². The van der Waals surface area contributed by atoms with Crippen LogP contribution in [-0.2, 0) is 17.8 Å². The average Bonchev–Trinajstić information content (AvgIpc) is 3.07. The van der Waals surface area contributed by atoms with Gasteiger partial charge in [-0.15, -0.1) is 11.3 Å². The number of rotatable bonds is 5. The molecule has 150 valence electrons. The first-order chi connectivity index (χ1) is 14.0. The molecular formula is C20H19N3O5S. The van der Waals surface area contributed by atoms with Crippen LogP contribution in [-0.4, -0.2) is 42.8 Å². The van der Waals surface area contributed by atoms with Crippen molar-refractivity contribution in [3.63, 3.8) is 0 Å². The van der Waals surface area contributed by atoms with E-state index in [9.17, 15) is 20.0 Å². The Morgan fingerprint density at radius 3 is 2.59 bits per heavy atom. The summed E-state index contributed by atoms with van der Waals surface area (Å²) in [4.78, 5) is 25.7. The quantitative estimate of drug-likeness (QED) is 0.727. The van der Waals surface area contributed by atoms with Gasteiger partial charge in [0.25, 0.3) is 0 Å². The smallest absolute Gasteiger partial charge is 0.407 e. The van der Waals surface area contributed by atoms with Crippen molar-refractivity contribution in [2.24, 2.45) is 0 Å². The summed E-state index contributed by atoms with van der Waals surface area (Å²) in [5, 5.41) is 21.8. The Kier molecular flexibility index (Phi) is 6.04. The molecular weight excluding hydrogens is 394 g/mol. The SMILES string of the molecule is COc1cccc(OC)c1C=CC(=O)Nc1sc2c(c1C#N)CCN(C(=O)O)C2. The molecule has 1 aliphatic rings. The number of nitrogens with zero attached hydrogens (tertiary/aromatic N) is 2. The molecule has 2 heterocycles. The van der Waals surface area contributed by atoms with Gasteiger partial charge in [-0.2, -0.15) is 5.26 Å². The minimum Gasteiger partial charge on any atom is -0.496 e. The van der Waals surface area contributed by atoms with Crippen molar-refractivity contribution >= 4 is 34.4 Å². The van der Waals surface area contributed by atoms with Crippen molar-refractivity contribution in [3.8, 4) is 17.6 Å². The minimum absolute atomic E-state index is 0.216. The van der Waals surface area contributed by atoms with Crippen LogP contribution in [0.2, 0.25) is 0 Å². The Balaban J connectivity index is 1.81. The lowest BCUT2D eigenvalue weighted by Crippen LogP contribution is -2.34. The number of thiophene rings is 1. The molecule has 2 amide bonds. The Morgan fingerprint density at radius 2 is 2.00 bits per heavy atom. The molecule has 0 saturated heterocycles. The van der Waals surface area contributed by atoms with Crippen LogP contribution in [0.3, 0.4) is 0 Å². The van der Waals surface area contributed by atoms with Crippen LogP contribution in [0, 0.1) is 11.3 Å². The number of carbonyl (C=O) groups excluding carboxylic acids is 1. The molecule has 8 nitrogen and oxygen atoms in total. The minimum atomic E-state index is -0.998. The number of hydrogen-bond donors (Lipinski definition) is 2. The number of hydrogen-bond acceptors (Lipinski definition) is 6. The van der Waals surface area contributed by atoms with Crippen LogP contribution in [0.15, 0.2) is 24.3 Å². The summed E-state index contributed by atoms with van der Waals surface area (Å²) >= 11 is 1.23. The topological polar surface area (TPSA) is 112 Å². The first-order valence-electron chi connectivity index (χ1n) is 8.71. The Bertz CT molecular complexity index is 1000. The number of anilines is 1. The number of nitriles is 1. The summed E-state index contributed by atoms with van der Waals surface area (Å²) in [5.74, 6) is 0.709. The van der Waals surface area contributed by atoms with Crippen molar-refractivity contribution in [2.75, 3.05) is 26.1 Å². The fraction of sp³-hybridized carbons (Fsp3) is 0.250. The molecule has 2 N–H and O–H groups in total. The summed E-state index contributed by atoms with van der Waals surface area (Å²) in [5.41, 5.74) is 1.82. The zero-order chi connectivity index (χ0) is 21.0. The second-order valence-electron chi connectivity index (χ2n) is 6.17. The van der Waals surface area contributed by atoms with Crippen LogP contribution < -0.4 is 14.8 Å². The predicted molar refractivity (Wildman–Crippen MR) is 108 cm³/mol. The largest absolute Gasteiger partial charge is 0.496 e. The third-order valence-corrected chi connectivity index (χ3v) is 5.68. The first kappa shape index (κ1) is 20.2. The second-order valence-corrected chi connectivity index (χ2v) is 7.28. The highest BCUT2D eigenvalue weighted by Gasteiger charge is 2.27. The number of fused-ring (bicyclic) bond motifs is 1. The van der Waals surface area contributed by atoms with E-state index in [-0.39, 0.29) is 6.54 Å². The van der Waals surface area contributed by atoms with Crippen LogP contribution in [0.25, 0.3) is 6.08 Å². The summed E-state index contributed by atoms with van der Waals surface area (Å²) in [6, 6.07) is 7.43. The van der Waals surface area contributed by atoms with E-state index in [4.69, 9.17) is 9.47 Å². The zero-order valence-electron chi connectivity index (χ0n) is 15.9. The lowest BCUT2D eigenvalue weighted by molar-refractivity contribution is -0.111. The normalized spacial score (nSPS) is 12.9. The fourth-order valence-electron chi connectivity index (χ4n) is 3.13. The third-order valence-electron chi connectivity index (χ3n) is 4.54. The maximum Gasteiger partial charge on any atom is 0.407 e. The highest BCUT2D eigenvalue weighted by atomic mass is 32.1. The molecule has 3 rings (SSSR count). The molecule has 0 atom stereocenters. The maximum atomic E-state index is 12.5. The van der Waals surface area contributed by atoms with Gasteiger partial charge in [0.15, 0.2) is 0 Å². The average molecular weight is 413 g/mol. The summed E-state index contributed by atoms with van der Waals surface area (Å²) in [6.07, 6.45) is 2.37. The maximum absolute atomic E-state index is 12.5. The number of carbonyl (C=O) groups is 2. The third kappa shape index (κ3) is 4.17. The molecule has 0 aliphatic carbocycles. The Morgan fingerprint density at radius 1 is 1.31 bits per heavy atom. The molecule has 1 aromatic carbocycles. The number of ether oxygens (including phenoxy) is 2. The number of nitrogens with one attached hydrogen (secondary N) is 1. The highest BCUT2D eigenvalue weighted by molar-refractivity contribution is 7.16. The summed E-state index contributed by atoms with van der Waals surface area (Å²) in [7, 11) is 3.06. The van der Waals surface area contributed by atoms with E-state index in [1.54, 1.807) is 24.3 Å². The molecule has 29 heavy (non-hydrogen) atoms. The van der Waals surface area contributed by atoms with Gasteiger partial charge in [-0.05, 0) is 30.2 Å². The van der Waals surface area contributed by atoms with Crippen molar-refractivity contribution < 1.29 is 24.2 Å². The lowest BCUT2D eigenvalue weighted by Gasteiger charge is -2.23. The van der Waals surface area contributed by atoms with E-state index in [0.29, 0.717) is 40.6 Å². The van der Waals surface area contributed by atoms with E-state index in [1.165, 1.54) is 36.5 Å². The van der Waals surface area contributed by atoms with Crippen LogP contribution in [0.4, 0.5) is 9.80 Å². The number of methoxy groups -OCH3 is 2. The van der Waals surface area contributed by atoms with Gasteiger partial charge in [-0.25, -0.2) is 4.79 Å². The standard InChI is InChI=1S/C20H19N3O5S/c1-27-15-4-3-5-16(28-2)13(15)6-7-18(24)22-19-14(10-21)12-8-9-23(20(25)26)11-17(12)29-19/h3-7H,8-9,11H2,1-2H3,(H,22,24)(H,25,26). The number of carboxylic acid groups (broad SMARTS) is 1. The van der Waals surface area contributed by atoms with Crippen molar-refractivity contribution in [1.82, 2.24) is 4.90 Å². The van der Waals surface area contributed by atoms with Gasteiger partial charge < -0.3 is 24.8 Å². The molecule has 0 radical (unpaired) electrons. The molecule has 0 bridgehead atoms. The molecule has 2 aromatic rings.